The zero-order valence-corrected chi connectivity index (χ0v) is 18.0. The highest BCUT2D eigenvalue weighted by Crippen LogP contribution is 2.22. The highest BCUT2D eigenvalue weighted by molar-refractivity contribution is 5.94. The summed E-state index contributed by atoms with van der Waals surface area (Å²) < 4.78 is 5.51. The van der Waals surface area contributed by atoms with Gasteiger partial charge in [-0.05, 0) is 43.0 Å². The van der Waals surface area contributed by atoms with Crippen LogP contribution >= 0.6 is 0 Å². The van der Waals surface area contributed by atoms with E-state index in [0.29, 0.717) is 24.1 Å². The molecule has 162 valence electrons. The Labute approximate surface area is 175 Å². The van der Waals surface area contributed by atoms with Crippen molar-refractivity contribution >= 4 is 11.6 Å². The Balaban J connectivity index is 1.57. The lowest BCUT2D eigenvalue weighted by molar-refractivity contribution is 0.00191. The first-order valence-corrected chi connectivity index (χ1v) is 11.3. The van der Waals surface area contributed by atoms with Crippen molar-refractivity contribution < 1.29 is 14.6 Å². The topological polar surface area (TPSA) is 65.0 Å². The number of nitrogens with one attached hydrogen (secondary N) is 1. The van der Waals surface area contributed by atoms with Gasteiger partial charge < -0.3 is 20.1 Å². The summed E-state index contributed by atoms with van der Waals surface area (Å²) in [5, 5.41) is 12.9. The summed E-state index contributed by atoms with van der Waals surface area (Å²) in [6.45, 7) is 10.3. The van der Waals surface area contributed by atoms with E-state index < -0.39 is 0 Å². The molecule has 0 radical (unpaired) electrons. The molecule has 2 heterocycles. The van der Waals surface area contributed by atoms with Crippen LogP contribution in [0.5, 0.6) is 0 Å². The lowest BCUT2D eigenvalue weighted by atomic mass is 9.92. The predicted octanol–water partition coefficient (Wildman–Crippen LogP) is 2.51. The Morgan fingerprint density at radius 3 is 2.31 bits per heavy atom. The van der Waals surface area contributed by atoms with E-state index >= 15 is 0 Å². The summed E-state index contributed by atoms with van der Waals surface area (Å²) in [5.74, 6) is 0.570. The normalized spacial score (nSPS) is 20.1. The number of piperidine rings is 1. The van der Waals surface area contributed by atoms with Crippen molar-refractivity contribution in [2.75, 3.05) is 50.8 Å². The Morgan fingerprint density at radius 1 is 1.10 bits per heavy atom. The molecule has 0 bridgehead atoms. The minimum atomic E-state index is -0.175. The van der Waals surface area contributed by atoms with Crippen LogP contribution in [0.15, 0.2) is 24.3 Å². The number of aliphatic hydroxyl groups is 1. The number of rotatable bonds is 8. The third-order valence-corrected chi connectivity index (χ3v) is 6.54. The van der Waals surface area contributed by atoms with Crippen LogP contribution < -0.4 is 10.2 Å². The van der Waals surface area contributed by atoms with Gasteiger partial charge in [0.15, 0.2) is 0 Å². The van der Waals surface area contributed by atoms with Crippen molar-refractivity contribution in [3.05, 3.63) is 29.8 Å². The SMILES string of the molecule is CCC(CC)C(CNC(=O)c1ccc(N2CCC(O)CC2)cc1)N1CCOCC1. The molecule has 2 aliphatic heterocycles. The fraction of sp³-hybridized carbons (Fsp3) is 0.696. The van der Waals surface area contributed by atoms with Crippen LogP contribution in [-0.2, 0) is 4.74 Å². The first-order valence-electron chi connectivity index (χ1n) is 11.3. The molecule has 0 saturated carbocycles. The van der Waals surface area contributed by atoms with Crippen LogP contribution in [0.4, 0.5) is 5.69 Å². The van der Waals surface area contributed by atoms with Crippen molar-refractivity contribution in [1.29, 1.82) is 0 Å². The number of amides is 1. The van der Waals surface area contributed by atoms with Gasteiger partial charge in [-0.25, -0.2) is 0 Å². The molecule has 3 rings (SSSR count). The first kappa shape index (κ1) is 22.1. The monoisotopic (exact) mass is 403 g/mol. The van der Waals surface area contributed by atoms with Crippen molar-refractivity contribution in [3.8, 4) is 0 Å². The number of carbonyl (C=O) groups excluding carboxylic acids is 1. The number of benzene rings is 1. The molecule has 2 saturated heterocycles. The van der Waals surface area contributed by atoms with Crippen molar-refractivity contribution in [1.82, 2.24) is 10.2 Å². The molecule has 0 aromatic heterocycles. The van der Waals surface area contributed by atoms with Crippen LogP contribution in [0.2, 0.25) is 0 Å². The summed E-state index contributed by atoms with van der Waals surface area (Å²) in [5.41, 5.74) is 1.83. The molecule has 1 unspecified atom stereocenters. The number of carbonyl (C=O) groups is 1. The predicted molar refractivity (Wildman–Crippen MR) is 116 cm³/mol. The third-order valence-electron chi connectivity index (χ3n) is 6.54. The lowest BCUT2D eigenvalue weighted by Crippen LogP contribution is -2.52. The largest absolute Gasteiger partial charge is 0.393 e. The average Bonchev–Trinajstić information content (AvgIpc) is 2.77. The van der Waals surface area contributed by atoms with E-state index in [2.05, 4.69) is 29.0 Å². The standard InChI is InChI=1S/C23H37N3O3/c1-3-18(4-2)22(26-13-15-29-16-14-26)17-24-23(28)19-5-7-20(8-6-19)25-11-9-21(27)10-12-25/h5-8,18,21-22,27H,3-4,9-17H2,1-2H3,(H,24,28). The van der Waals surface area contributed by atoms with Crippen LogP contribution in [0.1, 0.15) is 49.9 Å². The number of anilines is 1. The molecule has 1 atom stereocenters. The maximum absolute atomic E-state index is 12.8. The second-order valence-corrected chi connectivity index (χ2v) is 8.27. The Bertz CT molecular complexity index is 619. The van der Waals surface area contributed by atoms with Crippen LogP contribution in [0.3, 0.4) is 0 Å². The molecule has 6 heteroatoms. The molecule has 2 N–H and O–H groups in total. The van der Waals surface area contributed by atoms with E-state index in [9.17, 15) is 9.90 Å². The van der Waals surface area contributed by atoms with Crippen molar-refractivity contribution in [3.63, 3.8) is 0 Å². The second-order valence-electron chi connectivity index (χ2n) is 8.27. The van der Waals surface area contributed by atoms with E-state index in [0.717, 1.165) is 70.8 Å². The Morgan fingerprint density at radius 2 is 1.72 bits per heavy atom. The van der Waals surface area contributed by atoms with Gasteiger partial charge in [-0.2, -0.15) is 0 Å². The second kappa shape index (κ2) is 11.0. The molecular weight excluding hydrogens is 366 g/mol. The number of ether oxygens (including phenoxy) is 1. The van der Waals surface area contributed by atoms with Gasteiger partial charge in [-0.1, -0.05) is 26.7 Å². The molecule has 29 heavy (non-hydrogen) atoms. The molecule has 1 amide bonds. The van der Waals surface area contributed by atoms with E-state index in [1.54, 1.807) is 0 Å². The van der Waals surface area contributed by atoms with E-state index in [-0.39, 0.29) is 12.0 Å². The quantitative estimate of drug-likeness (QED) is 0.698. The highest BCUT2D eigenvalue weighted by Gasteiger charge is 2.27. The van der Waals surface area contributed by atoms with E-state index in [4.69, 9.17) is 4.74 Å². The summed E-state index contributed by atoms with van der Waals surface area (Å²) in [6, 6.07) is 8.23. The number of hydrogen-bond acceptors (Lipinski definition) is 5. The summed E-state index contributed by atoms with van der Waals surface area (Å²) in [4.78, 5) is 17.5. The van der Waals surface area contributed by atoms with Gasteiger partial charge in [0.25, 0.3) is 5.91 Å². The van der Waals surface area contributed by atoms with Crippen LogP contribution in [0.25, 0.3) is 0 Å². The number of morpholine rings is 1. The molecule has 2 aliphatic rings. The number of aliphatic hydroxyl groups excluding tert-OH is 1. The molecule has 0 spiro atoms. The minimum absolute atomic E-state index is 0.00479. The van der Waals surface area contributed by atoms with E-state index in [1.807, 2.05) is 24.3 Å². The van der Waals surface area contributed by atoms with Gasteiger partial charge in [-0.3, -0.25) is 9.69 Å². The molecule has 0 aliphatic carbocycles. The van der Waals surface area contributed by atoms with Gasteiger partial charge in [0.1, 0.15) is 0 Å². The average molecular weight is 404 g/mol. The molecule has 2 fully saturated rings. The maximum Gasteiger partial charge on any atom is 0.251 e. The molecular formula is C23H37N3O3. The molecule has 1 aromatic carbocycles. The van der Waals surface area contributed by atoms with Gasteiger partial charge in [-0.15, -0.1) is 0 Å². The number of nitrogens with zero attached hydrogens (tertiary/aromatic N) is 2. The fourth-order valence-electron chi connectivity index (χ4n) is 4.58. The van der Waals surface area contributed by atoms with Crippen LogP contribution in [0, 0.1) is 5.92 Å². The molecule has 6 nitrogen and oxygen atoms in total. The van der Waals surface area contributed by atoms with Crippen molar-refractivity contribution in [2.45, 2.75) is 51.7 Å². The number of hydrogen-bond donors (Lipinski definition) is 2. The summed E-state index contributed by atoms with van der Waals surface area (Å²) in [7, 11) is 0. The highest BCUT2D eigenvalue weighted by atomic mass is 16.5. The smallest absolute Gasteiger partial charge is 0.251 e. The summed E-state index contributed by atoms with van der Waals surface area (Å²) in [6.07, 6.45) is 3.68. The zero-order chi connectivity index (χ0) is 20.6. The van der Waals surface area contributed by atoms with Crippen LogP contribution in [-0.4, -0.2) is 74.0 Å². The van der Waals surface area contributed by atoms with Gasteiger partial charge >= 0.3 is 0 Å². The van der Waals surface area contributed by atoms with Gasteiger partial charge in [0, 0.05) is 50.0 Å². The summed E-state index contributed by atoms with van der Waals surface area (Å²) >= 11 is 0. The fourth-order valence-corrected chi connectivity index (χ4v) is 4.58. The first-order chi connectivity index (χ1) is 14.1. The Kier molecular flexibility index (Phi) is 8.33. The van der Waals surface area contributed by atoms with E-state index in [1.165, 1.54) is 0 Å². The van der Waals surface area contributed by atoms with Crippen molar-refractivity contribution in [2.24, 2.45) is 5.92 Å². The third kappa shape index (κ3) is 5.93. The zero-order valence-electron chi connectivity index (χ0n) is 18.0. The minimum Gasteiger partial charge on any atom is -0.393 e. The maximum atomic E-state index is 12.8. The van der Waals surface area contributed by atoms with Gasteiger partial charge in [0.2, 0.25) is 0 Å². The lowest BCUT2D eigenvalue weighted by Gasteiger charge is -2.38. The van der Waals surface area contributed by atoms with Gasteiger partial charge in [0.05, 0.1) is 19.3 Å². The molecule has 1 aromatic rings. The Hall–Kier alpha value is -1.63.